The van der Waals surface area contributed by atoms with Crippen molar-refractivity contribution in [1.29, 1.82) is 0 Å². The zero-order chi connectivity index (χ0) is 15.9. The zero-order valence-electron chi connectivity index (χ0n) is 12.5. The highest BCUT2D eigenvalue weighted by atomic mass is 16.7. The molecule has 2 amide bonds. The van der Waals surface area contributed by atoms with E-state index in [1.165, 1.54) is 16.4 Å². The molecule has 1 aromatic carbocycles. The maximum Gasteiger partial charge on any atom is 0.362 e. The van der Waals surface area contributed by atoms with Crippen LogP contribution < -0.4 is 15.8 Å². The molecule has 1 aliphatic heterocycles. The first kappa shape index (κ1) is 14.4. The third-order valence-electron chi connectivity index (χ3n) is 4.01. The molecule has 1 N–H and O–H groups in total. The van der Waals surface area contributed by atoms with E-state index < -0.39 is 17.6 Å². The number of benzene rings is 1. The van der Waals surface area contributed by atoms with Crippen molar-refractivity contribution in [1.82, 2.24) is 14.6 Å². The second kappa shape index (κ2) is 5.32. The van der Waals surface area contributed by atoms with Crippen LogP contribution in [0, 0.1) is 0 Å². The molecule has 2 heterocycles. The number of imide groups is 1. The fourth-order valence-corrected chi connectivity index (χ4v) is 2.87. The monoisotopic (exact) mass is 303 g/mol. The van der Waals surface area contributed by atoms with Crippen LogP contribution in [0.1, 0.15) is 31.4 Å². The minimum Gasteiger partial charge on any atom is -0.412 e. The highest BCUT2D eigenvalue weighted by Crippen LogP contribution is 2.23. The normalized spacial score (nSPS) is 18.5. The Bertz CT molecular complexity index is 818. The minimum absolute atomic E-state index is 0.218. The molecule has 1 unspecified atom stereocenters. The summed E-state index contributed by atoms with van der Waals surface area (Å²) in [4.78, 5) is 41.1. The molecule has 7 nitrogen and oxygen atoms in total. The smallest absolute Gasteiger partial charge is 0.362 e. The molecule has 0 saturated carbocycles. The van der Waals surface area contributed by atoms with Crippen molar-refractivity contribution >= 4 is 22.8 Å². The summed E-state index contributed by atoms with van der Waals surface area (Å²) in [6.07, 6.45) is 1.36. The van der Waals surface area contributed by atoms with Crippen LogP contribution in [0.15, 0.2) is 23.0 Å². The summed E-state index contributed by atoms with van der Waals surface area (Å²) in [6.45, 7) is 2.02. The number of nitrogens with one attached hydrogen (secondary N) is 1. The summed E-state index contributed by atoms with van der Waals surface area (Å²) in [5.74, 6) is -0.758. The van der Waals surface area contributed by atoms with E-state index in [2.05, 4.69) is 5.32 Å². The molecular weight excluding hydrogens is 286 g/mol. The topological polar surface area (TPSA) is 82.3 Å². The largest absolute Gasteiger partial charge is 0.412 e. The maximum atomic E-state index is 12.6. The van der Waals surface area contributed by atoms with Crippen LogP contribution in [0.3, 0.4) is 0 Å². The number of rotatable bonds is 3. The lowest BCUT2D eigenvalue weighted by atomic mass is 10.1. The first-order valence-electron chi connectivity index (χ1n) is 7.20. The van der Waals surface area contributed by atoms with Crippen molar-refractivity contribution in [3.05, 3.63) is 34.2 Å². The number of aryl methyl sites for hydroxylation is 1. The Labute approximate surface area is 126 Å². The van der Waals surface area contributed by atoms with Crippen LogP contribution in [0.25, 0.3) is 11.0 Å². The Hall–Kier alpha value is -2.57. The van der Waals surface area contributed by atoms with E-state index >= 15 is 0 Å². The fourth-order valence-electron chi connectivity index (χ4n) is 2.87. The van der Waals surface area contributed by atoms with Crippen LogP contribution >= 0.6 is 0 Å². The molecule has 1 fully saturated rings. The SMILES string of the molecule is CCc1ccc2c(c1)n(OC)c(=O)n2C1CCC(=O)NC1=O. The number of piperidine rings is 1. The summed E-state index contributed by atoms with van der Waals surface area (Å²) in [5.41, 5.74) is 1.90. The molecule has 2 aromatic rings. The van der Waals surface area contributed by atoms with Gasteiger partial charge in [0.15, 0.2) is 0 Å². The molecule has 7 heteroatoms. The number of hydrogen-bond acceptors (Lipinski definition) is 4. The Kier molecular flexibility index (Phi) is 3.48. The van der Waals surface area contributed by atoms with Crippen LogP contribution in [0.5, 0.6) is 0 Å². The van der Waals surface area contributed by atoms with E-state index in [0.717, 1.165) is 12.0 Å². The molecular formula is C15H17N3O4. The standard InChI is InChI=1S/C15H17N3O4/c1-3-9-4-5-10-12(8-9)18(22-2)15(21)17(10)11-6-7-13(19)16-14(11)20/h4-5,8,11H,3,6-7H2,1-2H3,(H,16,19,20). The summed E-state index contributed by atoms with van der Waals surface area (Å²) in [6, 6.07) is 4.92. The van der Waals surface area contributed by atoms with E-state index in [-0.39, 0.29) is 12.3 Å². The Balaban J connectivity index is 2.21. The molecule has 1 aromatic heterocycles. The van der Waals surface area contributed by atoms with Crippen molar-refractivity contribution in [3.63, 3.8) is 0 Å². The number of amides is 2. The molecule has 0 bridgehead atoms. The molecule has 1 aliphatic rings. The summed E-state index contributed by atoms with van der Waals surface area (Å²) in [5, 5.41) is 2.28. The summed E-state index contributed by atoms with van der Waals surface area (Å²) >= 11 is 0. The van der Waals surface area contributed by atoms with Gasteiger partial charge in [-0.05, 0) is 30.5 Å². The van der Waals surface area contributed by atoms with Crippen LogP contribution in [-0.2, 0) is 16.0 Å². The van der Waals surface area contributed by atoms with Gasteiger partial charge in [0.1, 0.15) is 18.7 Å². The van der Waals surface area contributed by atoms with Crippen molar-refractivity contribution in [2.75, 3.05) is 7.11 Å². The van der Waals surface area contributed by atoms with Gasteiger partial charge in [-0.3, -0.25) is 19.5 Å². The highest BCUT2D eigenvalue weighted by molar-refractivity contribution is 6.00. The number of hydrogen-bond donors (Lipinski definition) is 1. The molecule has 0 radical (unpaired) electrons. The van der Waals surface area contributed by atoms with E-state index in [9.17, 15) is 14.4 Å². The van der Waals surface area contributed by atoms with Gasteiger partial charge in [0, 0.05) is 6.42 Å². The quantitative estimate of drug-likeness (QED) is 0.832. The average Bonchev–Trinajstić information content (AvgIpc) is 2.78. The van der Waals surface area contributed by atoms with E-state index in [4.69, 9.17) is 4.84 Å². The predicted octanol–water partition coefficient (Wildman–Crippen LogP) is 0.401. The molecule has 22 heavy (non-hydrogen) atoms. The second-order valence-corrected chi connectivity index (χ2v) is 5.27. The van der Waals surface area contributed by atoms with E-state index in [0.29, 0.717) is 17.5 Å². The summed E-state index contributed by atoms with van der Waals surface area (Å²) in [7, 11) is 1.41. The van der Waals surface area contributed by atoms with Gasteiger partial charge in [-0.15, -0.1) is 4.73 Å². The third kappa shape index (κ3) is 2.09. The molecule has 1 atom stereocenters. The van der Waals surface area contributed by atoms with Gasteiger partial charge in [-0.1, -0.05) is 13.0 Å². The van der Waals surface area contributed by atoms with Crippen LogP contribution in [-0.4, -0.2) is 28.2 Å². The van der Waals surface area contributed by atoms with Gasteiger partial charge in [-0.25, -0.2) is 4.79 Å². The maximum absolute atomic E-state index is 12.6. The van der Waals surface area contributed by atoms with Gasteiger partial charge in [-0.2, -0.15) is 0 Å². The molecule has 0 aliphatic carbocycles. The number of aromatic nitrogens is 2. The zero-order valence-corrected chi connectivity index (χ0v) is 12.5. The third-order valence-corrected chi connectivity index (χ3v) is 4.01. The van der Waals surface area contributed by atoms with Crippen molar-refractivity contribution in [2.45, 2.75) is 32.2 Å². The van der Waals surface area contributed by atoms with Gasteiger partial charge in [0.25, 0.3) is 0 Å². The second-order valence-electron chi connectivity index (χ2n) is 5.27. The van der Waals surface area contributed by atoms with Crippen LogP contribution in [0.4, 0.5) is 0 Å². The van der Waals surface area contributed by atoms with Gasteiger partial charge < -0.3 is 4.84 Å². The Morgan fingerprint density at radius 2 is 2.05 bits per heavy atom. The van der Waals surface area contributed by atoms with Gasteiger partial charge in [0.05, 0.1) is 5.52 Å². The first-order valence-corrected chi connectivity index (χ1v) is 7.20. The van der Waals surface area contributed by atoms with Gasteiger partial charge in [0.2, 0.25) is 11.8 Å². The molecule has 0 spiro atoms. The Morgan fingerprint density at radius 1 is 1.27 bits per heavy atom. The van der Waals surface area contributed by atoms with Gasteiger partial charge >= 0.3 is 5.69 Å². The van der Waals surface area contributed by atoms with E-state index in [1.54, 1.807) is 0 Å². The highest BCUT2D eigenvalue weighted by Gasteiger charge is 2.31. The lowest BCUT2D eigenvalue weighted by molar-refractivity contribution is -0.135. The molecule has 1 saturated heterocycles. The summed E-state index contributed by atoms with van der Waals surface area (Å²) < 4.78 is 2.58. The van der Waals surface area contributed by atoms with Crippen LogP contribution in [0.2, 0.25) is 0 Å². The van der Waals surface area contributed by atoms with E-state index in [1.807, 2.05) is 25.1 Å². The lowest BCUT2D eigenvalue weighted by Crippen LogP contribution is -2.44. The van der Waals surface area contributed by atoms with Crippen molar-refractivity contribution < 1.29 is 14.4 Å². The lowest BCUT2D eigenvalue weighted by Gasteiger charge is -2.21. The number of carbonyl (C=O) groups excluding carboxylic acids is 2. The predicted molar refractivity (Wildman–Crippen MR) is 79.5 cm³/mol. The Morgan fingerprint density at radius 3 is 2.68 bits per heavy atom. The minimum atomic E-state index is -0.698. The first-order chi connectivity index (χ1) is 10.6. The average molecular weight is 303 g/mol. The van der Waals surface area contributed by atoms with Crippen molar-refractivity contribution in [2.24, 2.45) is 0 Å². The fraction of sp³-hybridized carbons (Fsp3) is 0.400. The number of fused-ring (bicyclic) bond motifs is 1. The van der Waals surface area contributed by atoms with Crippen molar-refractivity contribution in [3.8, 4) is 0 Å². The molecule has 116 valence electrons. The number of imidazole rings is 1. The number of nitrogens with zero attached hydrogens (tertiary/aromatic N) is 2. The molecule has 3 rings (SSSR count). The number of carbonyl (C=O) groups is 2.